The summed E-state index contributed by atoms with van der Waals surface area (Å²) in [6.45, 7) is 0.769. The van der Waals surface area contributed by atoms with E-state index in [1.165, 1.54) is 13.0 Å². The van der Waals surface area contributed by atoms with Gasteiger partial charge in [0.15, 0.2) is 12.7 Å². The van der Waals surface area contributed by atoms with Gasteiger partial charge in [-0.1, -0.05) is 17.7 Å². The lowest BCUT2D eigenvalue weighted by molar-refractivity contribution is -0.153. The van der Waals surface area contributed by atoms with E-state index in [4.69, 9.17) is 21.1 Å². The Hall–Kier alpha value is -2.74. The first kappa shape index (κ1) is 20.6. The molecule has 1 atom stereocenters. The molecule has 0 saturated heterocycles. The molecule has 2 rings (SSSR count). The first-order valence-electron chi connectivity index (χ1n) is 7.71. The smallest absolute Gasteiger partial charge is 0.416 e. The molecule has 0 bridgehead atoms. The van der Waals surface area contributed by atoms with E-state index in [2.05, 4.69) is 5.32 Å². The molecule has 0 aliphatic carbocycles. The molecule has 2 aromatic carbocycles. The fraction of sp³-hybridized carbons (Fsp3) is 0.222. The van der Waals surface area contributed by atoms with Crippen molar-refractivity contribution < 1.29 is 32.2 Å². The Bertz CT molecular complexity index is 809. The average molecular weight is 402 g/mol. The number of nitrogens with one attached hydrogen (secondary N) is 1. The number of carbonyl (C=O) groups excluding carboxylic acids is 2. The van der Waals surface area contributed by atoms with E-state index in [-0.39, 0.29) is 5.69 Å². The number of alkyl halides is 3. The molecule has 9 heteroatoms. The van der Waals surface area contributed by atoms with Crippen molar-refractivity contribution in [3.8, 4) is 5.75 Å². The van der Waals surface area contributed by atoms with Gasteiger partial charge >= 0.3 is 12.1 Å². The van der Waals surface area contributed by atoms with Crippen LogP contribution in [0.15, 0.2) is 48.5 Å². The summed E-state index contributed by atoms with van der Waals surface area (Å²) in [5.74, 6) is -1.19. The number of hydrogen-bond donors (Lipinski definition) is 1. The predicted octanol–water partition coefficient (Wildman–Crippen LogP) is 4.31. The third kappa shape index (κ3) is 6.49. The molecule has 0 aliphatic rings. The third-order valence-corrected chi connectivity index (χ3v) is 3.53. The summed E-state index contributed by atoms with van der Waals surface area (Å²) in [7, 11) is 0. The lowest BCUT2D eigenvalue weighted by atomic mass is 10.2. The van der Waals surface area contributed by atoms with Crippen LogP contribution in [0.2, 0.25) is 5.02 Å². The fourth-order valence-corrected chi connectivity index (χ4v) is 2.12. The van der Waals surface area contributed by atoms with Gasteiger partial charge in [0.2, 0.25) is 0 Å². The monoisotopic (exact) mass is 401 g/mol. The van der Waals surface area contributed by atoms with Crippen LogP contribution in [0.4, 0.5) is 18.9 Å². The molecule has 0 spiro atoms. The largest absolute Gasteiger partial charge is 0.479 e. The van der Waals surface area contributed by atoms with Gasteiger partial charge in [0.25, 0.3) is 5.91 Å². The lowest BCUT2D eigenvalue weighted by Gasteiger charge is -2.14. The maximum absolute atomic E-state index is 12.6. The van der Waals surface area contributed by atoms with Crippen LogP contribution in [-0.4, -0.2) is 24.6 Å². The van der Waals surface area contributed by atoms with Crippen molar-refractivity contribution in [1.29, 1.82) is 0 Å². The Morgan fingerprint density at radius 1 is 1.15 bits per heavy atom. The van der Waals surface area contributed by atoms with Crippen LogP contribution in [0, 0.1) is 0 Å². The molecule has 0 aliphatic heterocycles. The highest BCUT2D eigenvalue weighted by molar-refractivity contribution is 6.30. The summed E-state index contributed by atoms with van der Waals surface area (Å²) in [5, 5.41) is 2.74. The van der Waals surface area contributed by atoms with Gasteiger partial charge in [-0.05, 0) is 49.4 Å². The highest BCUT2D eigenvalue weighted by atomic mass is 35.5. The topological polar surface area (TPSA) is 64.6 Å². The zero-order valence-electron chi connectivity index (χ0n) is 14.0. The molecule has 0 radical (unpaired) electrons. The highest BCUT2D eigenvalue weighted by Crippen LogP contribution is 2.30. The molecule has 5 nitrogen and oxygen atoms in total. The number of amides is 1. The Balaban J connectivity index is 1.84. The van der Waals surface area contributed by atoms with E-state index >= 15 is 0 Å². The lowest BCUT2D eigenvalue weighted by Crippen LogP contribution is -2.29. The number of hydrogen-bond acceptors (Lipinski definition) is 4. The number of rotatable bonds is 6. The quantitative estimate of drug-likeness (QED) is 0.733. The second-order valence-electron chi connectivity index (χ2n) is 5.45. The van der Waals surface area contributed by atoms with Crippen LogP contribution >= 0.6 is 11.6 Å². The molecular weight excluding hydrogens is 387 g/mol. The minimum atomic E-state index is -4.53. The van der Waals surface area contributed by atoms with Gasteiger partial charge in [-0.15, -0.1) is 0 Å². The van der Waals surface area contributed by atoms with Crippen molar-refractivity contribution in [3.63, 3.8) is 0 Å². The van der Waals surface area contributed by atoms with Crippen LogP contribution in [0.3, 0.4) is 0 Å². The highest BCUT2D eigenvalue weighted by Gasteiger charge is 2.30. The molecule has 1 unspecified atom stereocenters. The number of ether oxygens (including phenoxy) is 2. The summed E-state index contributed by atoms with van der Waals surface area (Å²) in [6, 6.07) is 10.4. The Morgan fingerprint density at radius 2 is 1.81 bits per heavy atom. The Labute approximate surface area is 158 Å². The molecule has 0 saturated carbocycles. The van der Waals surface area contributed by atoms with E-state index in [0.717, 1.165) is 18.2 Å². The van der Waals surface area contributed by atoms with Crippen molar-refractivity contribution in [2.24, 2.45) is 0 Å². The van der Waals surface area contributed by atoms with Crippen LogP contribution in [0.5, 0.6) is 5.75 Å². The normalized spacial score (nSPS) is 12.2. The van der Waals surface area contributed by atoms with Gasteiger partial charge in [0.05, 0.1) is 5.56 Å². The summed E-state index contributed by atoms with van der Waals surface area (Å²) in [6.07, 6.45) is -5.52. The minimum absolute atomic E-state index is 0.0589. The molecule has 27 heavy (non-hydrogen) atoms. The Morgan fingerprint density at radius 3 is 2.44 bits per heavy atom. The standard InChI is InChI=1S/C18H15ClF3NO4/c1-11(27-15-7-5-13(19)6-8-15)17(25)26-10-16(24)23-14-4-2-3-12(9-14)18(20,21)22/h2-9,11H,10H2,1H3,(H,23,24). The van der Waals surface area contributed by atoms with Gasteiger partial charge in [-0.3, -0.25) is 4.79 Å². The van der Waals surface area contributed by atoms with Crippen molar-refractivity contribution in [2.75, 3.05) is 11.9 Å². The maximum Gasteiger partial charge on any atom is 0.416 e. The van der Waals surface area contributed by atoms with E-state index in [0.29, 0.717) is 10.8 Å². The molecule has 1 N–H and O–H groups in total. The molecule has 1 amide bonds. The summed E-state index contributed by atoms with van der Waals surface area (Å²) in [5.41, 5.74) is -0.960. The van der Waals surface area contributed by atoms with E-state index in [9.17, 15) is 22.8 Å². The molecule has 0 aromatic heterocycles. The maximum atomic E-state index is 12.6. The summed E-state index contributed by atoms with van der Waals surface area (Å²) < 4.78 is 48.1. The summed E-state index contributed by atoms with van der Waals surface area (Å²) in [4.78, 5) is 23.6. The van der Waals surface area contributed by atoms with Gasteiger partial charge in [0.1, 0.15) is 5.75 Å². The van der Waals surface area contributed by atoms with Crippen molar-refractivity contribution in [3.05, 3.63) is 59.1 Å². The molecule has 0 fully saturated rings. The first-order valence-corrected chi connectivity index (χ1v) is 8.09. The minimum Gasteiger partial charge on any atom is -0.479 e. The SMILES string of the molecule is CC(Oc1ccc(Cl)cc1)C(=O)OCC(=O)Nc1cccc(C(F)(F)F)c1. The van der Waals surface area contributed by atoms with E-state index in [1.807, 2.05) is 0 Å². The van der Waals surface area contributed by atoms with Crippen LogP contribution in [-0.2, 0) is 20.5 Å². The third-order valence-electron chi connectivity index (χ3n) is 3.28. The van der Waals surface area contributed by atoms with Crippen molar-refractivity contribution >= 4 is 29.2 Å². The molecule has 2 aromatic rings. The molecular formula is C18H15ClF3NO4. The van der Waals surface area contributed by atoms with Crippen LogP contribution < -0.4 is 10.1 Å². The zero-order chi connectivity index (χ0) is 20.0. The Kier molecular flexibility index (Phi) is 6.68. The predicted molar refractivity (Wildman–Crippen MR) is 92.6 cm³/mol. The van der Waals surface area contributed by atoms with Crippen LogP contribution in [0.1, 0.15) is 12.5 Å². The second-order valence-corrected chi connectivity index (χ2v) is 5.88. The number of esters is 1. The number of anilines is 1. The zero-order valence-corrected chi connectivity index (χ0v) is 14.8. The van der Waals surface area contributed by atoms with Crippen LogP contribution in [0.25, 0.3) is 0 Å². The van der Waals surface area contributed by atoms with Crippen molar-refractivity contribution in [2.45, 2.75) is 19.2 Å². The number of carbonyl (C=O) groups is 2. The van der Waals surface area contributed by atoms with E-state index < -0.39 is 36.3 Å². The second kappa shape index (κ2) is 8.77. The molecule has 0 heterocycles. The number of benzene rings is 2. The average Bonchev–Trinajstić information content (AvgIpc) is 2.61. The first-order chi connectivity index (χ1) is 12.6. The van der Waals surface area contributed by atoms with Gasteiger partial charge in [-0.25, -0.2) is 4.79 Å². The molecule has 144 valence electrons. The van der Waals surface area contributed by atoms with Gasteiger partial charge < -0.3 is 14.8 Å². The summed E-state index contributed by atoms with van der Waals surface area (Å²) >= 11 is 5.74. The number of halogens is 4. The van der Waals surface area contributed by atoms with Crippen molar-refractivity contribution in [1.82, 2.24) is 0 Å². The van der Waals surface area contributed by atoms with E-state index in [1.54, 1.807) is 24.3 Å². The van der Waals surface area contributed by atoms with Gasteiger partial charge in [-0.2, -0.15) is 13.2 Å². The van der Waals surface area contributed by atoms with Gasteiger partial charge in [0, 0.05) is 10.7 Å². The fourth-order valence-electron chi connectivity index (χ4n) is 1.99.